The van der Waals surface area contributed by atoms with Crippen molar-refractivity contribution in [1.82, 2.24) is 0 Å². The van der Waals surface area contributed by atoms with Crippen molar-refractivity contribution in [2.45, 2.75) is 0 Å². The summed E-state index contributed by atoms with van der Waals surface area (Å²) in [6, 6.07) is 0. The molecule has 0 bridgehead atoms. The van der Waals surface area contributed by atoms with Crippen LogP contribution in [0.3, 0.4) is 0 Å². The zero-order valence-electron chi connectivity index (χ0n) is 17.2. The van der Waals surface area contributed by atoms with Crippen molar-refractivity contribution < 1.29 is 136 Å². The summed E-state index contributed by atoms with van der Waals surface area (Å²) in [5, 5.41) is 0. The minimum Gasteiger partial charge on any atom is -1.00 e. The molecule has 0 spiro atoms. The zero-order valence-corrected chi connectivity index (χ0v) is 26.4. The molecule has 0 rings (SSSR count). The molecule has 0 aliphatic heterocycles. The molecule has 0 heterocycles. The molecule has 24 heavy (non-hydrogen) atoms. The van der Waals surface area contributed by atoms with E-state index in [-0.39, 0.29) is 111 Å². The van der Waals surface area contributed by atoms with Crippen molar-refractivity contribution in [3.05, 3.63) is 0 Å². The van der Waals surface area contributed by atoms with Crippen molar-refractivity contribution >= 4 is 50.5 Å². The van der Waals surface area contributed by atoms with Gasteiger partial charge in [-0.15, -0.1) is 27.7 Å². The standard InChI is InChI=1S/3C2H8O3P2.3Na.3H/c3*3-7(4,5)2-1-6;;;;;;/h3*1-2,6H2,(H2,3,4,5);;;;;;/q;;;3*+1;3*-1. The number of hydrogen-bond donors (Lipinski definition) is 6. The van der Waals surface area contributed by atoms with E-state index in [2.05, 4.69) is 27.7 Å². The summed E-state index contributed by atoms with van der Waals surface area (Å²) < 4.78 is 29.7. The molecular formula is C6H27Na3O9P6. The normalized spacial score (nSPS) is 10.4. The van der Waals surface area contributed by atoms with Gasteiger partial charge in [-0.3, -0.25) is 13.7 Å². The van der Waals surface area contributed by atoms with Crippen LogP contribution in [0.4, 0.5) is 0 Å². The van der Waals surface area contributed by atoms with Gasteiger partial charge in [0.2, 0.25) is 0 Å². The van der Waals surface area contributed by atoms with Crippen LogP contribution >= 0.6 is 50.5 Å². The molecule has 0 amide bonds. The average molecular weight is 498 g/mol. The molecule has 0 aromatic heterocycles. The van der Waals surface area contributed by atoms with Crippen molar-refractivity contribution in [1.29, 1.82) is 0 Å². The molecular weight excluding hydrogens is 471 g/mol. The second-order valence-corrected chi connectivity index (χ2v) is 10.6. The van der Waals surface area contributed by atoms with Gasteiger partial charge in [-0.1, -0.05) is 0 Å². The van der Waals surface area contributed by atoms with Crippen molar-refractivity contribution in [3.63, 3.8) is 0 Å². The molecule has 3 atom stereocenters. The minimum atomic E-state index is -3.69. The molecule has 0 saturated heterocycles. The largest absolute Gasteiger partial charge is 1.00 e. The van der Waals surface area contributed by atoms with Crippen LogP contribution in [0.5, 0.6) is 0 Å². The summed E-state index contributed by atoms with van der Waals surface area (Å²) in [7, 11) is -4.31. The molecule has 0 aromatic carbocycles. The smallest absolute Gasteiger partial charge is 1.00 e. The van der Waals surface area contributed by atoms with Gasteiger partial charge in [0.25, 0.3) is 0 Å². The van der Waals surface area contributed by atoms with E-state index >= 15 is 0 Å². The summed E-state index contributed by atoms with van der Waals surface area (Å²) in [4.78, 5) is 48.7. The van der Waals surface area contributed by atoms with Crippen LogP contribution in [-0.4, -0.2) is 66.3 Å². The Kier molecular flexibility index (Phi) is 42.8. The fourth-order valence-corrected chi connectivity index (χ4v) is 4.54. The maximum atomic E-state index is 9.91. The van der Waals surface area contributed by atoms with Crippen LogP contribution in [0, 0.1) is 0 Å². The van der Waals surface area contributed by atoms with Crippen LogP contribution in [0.1, 0.15) is 4.28 Å². The van der Waals surface area contributed by atoms with E-state index in [1.165, 1.54) is 0 Å². The quantitative estimate of drug-likeness (QED) is 0.154. The first-order chi connectivity index (χ1) is 9.18. The third-order valence-corrected chi connectivity index (χ3v) is 6.11. The van der Waals surface area contributed by atoms with Gasteiger partial charge in [-0.05, 0) is 18.5 Å². The third kappa shape index (κ3) is 63.2. The molecule has 0 fully saturated rings. The Morgan fingerprint density at radius 3 is 0.667 bits per heavy atom. The molecule has 0 aliphatic carbocycles. The summed E-state index contributed by atoms with van der Waals surface area (Å²) in [6.45, 7) is 0. The van der Waals surface area contributed by atoms with Crippen LogP contribution in [0.25, 0.3) is 0 Å². The maximum absolute atomic E-state index is 9.91. The summed E-state index contributed by atoms with van der Waals surface area (Å²) in [5.41, 5.74) is 0. The molecule has 3 unspecified atom stereocenters. The Balaban J connectivity index is -0.0000000231. The molecule has 6 N–H and O–H groups in total. The van der Waals surface area contributed by atoms with E-state index in [1.54, 1.807) is 0 Å². The Labute approximate surface area is 220 Å². The van der Waals surface area contributed by atoms with Gasteiger partial charge in [0.05, 0.1) is 18.5 Å². The molecule has 138 valence electrons. The predicted molar refractivity (Wildman–Crippen MR) is 97.8 cm³/mol. The van der Waals surface area contributed by atoms with Gasteiger partial charge in [-0.2, -0.15) is 0 Å². The van der Waals surface area contributed by atoms with Gasteiger partial charge >= 0.3 is 111 Å². The summed E-state index contributed by atoms with van der Waals surface area (Å²) in [6.07, 6.45) is 1.30. The van der Waals surface area contributed by atoms with E-state index in [0.717, 1.165) is 0 Å². The molecule has 0 aliphatic rings. The second kappa shape index (κ2) is 24.0. The Morgan fingerprint density at radius 1 is 0.542 bits per heavy atom. The monoisotopic (exact) mass is 498 g/mol. The van der Waals surface area contributed by atoms with E-state index in [0.29, 0.717) is 18.5 Å². The zero-order chi connectivity index (χ0) is 17.7. The average Bonchev–Trinajstić information content (AvgIpc) is 2.12. The molecule has 9 nitrogen and oxygen atoms in total. The Hall–Kier alpha value is 4.74. The molecule has 18 heteroatoms. The van der Waals surface area contributed by atoms with E-state index in [9.17, 15) is 13.7 Å². The van der Waals surface area contributed by atoms with Gasteiger partial charge in [0.15, 0.2) is 0 Å². The first-order valence-corrected chi connectivity index (χ1v) is 13.3. The van der Waals surface area contributed by atoms with Crippen molar-refractivity contribution in [3.8, 4) is 0 Å². The molecule has 0 saturated carbocycles. The SMILES string of the molecule is O=P(O)(O)CCP.O=P(O)(O)CCP.O=P(O)(O)CCP.[H-].[H-].[H-].[Na+].[Na+].[Na+]. The van der Waals surface area contributed by atoms with Crippen LogP contribution in [0.2, 0.25) is 0 Å². The fraction of sp³-hybridized carbons (Fsp3) is 1.00. The summed E-state index contributed by atoms with van der Waals surface area (Å²) >= 11 is 0. The Morgan fingerprint density at radius 2 is 0.667 bits per heavy atom. The van der Waals surface area contributed by atoms with E-state index in [4.69, 9.17) is 29.4 Å². The maximum Gasteiger partial charge on any atom is 1.00 e. The molecule has 0 aromatic rings. The topological polar surface area (TPSA) is 173 Å². The fourth-order valence-electron chi connectivity index (χ4n) is 0.505. The predicted octanol–water partition coefficient (Wildman–Crippen LogP) is -8.53. The van der Waals surface area contributed by atoms with E-state index < -0.39 is 22.8 Å². The number of hydrogen-bond acceptors (Lipinski definition) is 3. The van der Waals surface area contributed by atoms with Crippen molar-refractivity contribution in [2.24, 2.45) is 0 Å². The first kappa shape index (κ1) is 42.8. The first-order valence-electron chi connectivity index (χ1n) is 5.42. The van der Waals surface area contributed by atoms with Crippen LogP contribution in [-0.2, 0) is 13.7 Å². The molecule has 0 radical (unpaired) electrons. The second-order valence-electron chi connectivity index (χ2n) is 3.53. The number of rotatable bonds is 6. The van der Waals surface area contributed by atoms with Crippen LogP contribution < -0.4 is 88.7 Å². The summed E-state index contributed by atoms with van der Waals surface area (Å²) in [5.74, 6) is 0. The van der Waals surface area contributed by atoms with Crippen molar-refractivity contribution in [2.75, 3.05) is 37.0 Å². The Bertz CT molecular complexity index is 338. The third-order valence-electron chi connectivity index (χ3n) is 1.26. The van der Waals surface area contributed by atoms with Gasteiger partial charge < -0.3 is 33.6 Å². The van der Waals surface area contributed by atoms with Gasteiger partial charge in [0.1, 0.15) is 0 Å². The van der Waals surface area contributed by atoms with Crippen LogP contribution in [0.15, 0.2) is 0 Å². The van der Waals surface area contributed by atoms with E-state index in [1.807, 2.05) is 0 Å². The van der Waals surface area contributed by atoms with Gasteiger partial charge in [0, 0.05) is 0 Å². The van der Waals surface area contributed by atoms with Gasteiger partial charge in [-0.25, -0.2) is 0 Å². The minimum absolute atomic E-state index is 0.